The zero-order chi connectivity index (χ0) is 15.4. The molecule has 0 aliphatic carbocycles. The van der Waals surface area contributed by atoms with Crippen LogP contribution in [0.15, 0.2) is 18.5 Å². The van der Waals surface area contributed by atoms with Crippen LogP contribution in [0, 0.1) is 0 Å². The predicted molar refractivity (Wildman–Crippen MR) is 86.4 cm³/mol. The molecule has 2 aromatic rings. The maximum absolute atomic E-state index is 12.4. The Balaban J connectivity index is 1.88. The van der Waals surface area contributed by atoms with Gasteiger partial charge < -0.3 is 20.4 Å². The Morgan fingerprint density at radius 3 is 3.23 bits per heavy atom. The summed E-state index contributed by atoms with van der Waals surface area (Å²) in [6.45, 7) is 2.46. The fraction of sp³-hybridized carbons (Fsp3) is 0.500. The Morgan fingerprint density at radius 2 is 2.45 bits per heavy atom. The van der Waals surface area contributed by atoms with E-state index in [0.29, 0.717) is 24.6 Å². The Kier molecular flexibility index (Phi) is 4.70. The van der Waals surface area contributed by atoms with Crippen LogP contribution in [0.2, 0.25) is 0 Å². The zero-order valence-corrected chi connectivity index (χ0v) is 12.8. The molecule has 118 valence electrons. The van der Waals surface area contributed by atoms with Crippen molar-refractivity contribution >= 4 is 22.5 Å². The quantitative estimate of drug-likeness (QED) is 0.711. The summed E-state index contributed by atoms with van der Waals surface area (Å²) in [4.78, 5) is 19.8. The summed E-state index contributed by atoms with van der Waals surface area (Å²) in [6, 6.07) is 2.33. The van der Waals surface area contributed by atoms with E-state index in [1.165, 1.54) is 6.42 Å². The molecule has 0 bridgehead atoms. The Morgan fingerprint density at radius 1 is 1.55 bits per heavy atom. The second kappa shape index (κ2) is 6.89. The third kappa shape index (κ3) is 3.13. The van der Waals surface area contributed by atoms with E-state index in [1.54, 1.807) is 19.5 Å². The van der Waals surface area contributed by atoms with E-state index < -0.39 is 0 Å². The van der Waals surface area contributed by atoms with E-state index in [0.717, 1.165) is 36.2 Å². The number of ether oxygens (including phenoxy) is 1. The van der Waals surface area contributed by atoms with Gasteiger partial charge in [0.05, 0.1) is 12.0 Å². The number of H-pyrrole nitrogens is 1. The minimum absolute atomic E-state index is 0.0749. The molecule has 6 nitrogen and oxygen atoms in total. The van der Waals surface area contributed by atoms with Gasteiger partial charge in [-0.2, -0.15) is 0 Å². The lowest BCUT2D eigenvalue weighted by molar-refractivity contribution is 0.0934. The normalized spacial score (nSPS) is 18.5. The van der Waals surface area contributed by atoms with Crippen LogP contribution in [0.25, 0.3) is 11.0 Å². The Labute approximate surface area is 129 Å². The standard InChI is InChI=1S/C16H22N4O2/c1-22-8-5-14(21)12-10-19-16-15(12)13(4-7-18-16)20-11-3-2-6-17-9-11/h4,7,10-11,17H,2-3,5-6,8-9H2,1H3,(H2,18,19,20). The number of ketones is 1. The summed E-state index contributed by atoms with van der Waals surface area (Å²) in [6.07, 6.45) is 6.19. The highest BCUT2D eigenvalue weighted by Crippen LogP contribution is 2.27. The summed E-state index contributed by atoms with van der Waals surface area (Å²) >= 11 is 0. The van der Waals surface area contributed by atoms with Crippen molar-refractivity contribution in [2.24, 2.45) is 0 Å². The van der Waals surface area contributed by atoms with Crippen LogP contribution in [-0.4, -0.2) is 48.6 Å². The summed E-state index contributed by atoms with van der Waals surface area (Å²) < 4.78 is 5.00. The van der Waals surface area contributed by atoms with Crippen molar-refractivity contribution in [1.29, 1.82) is 0 Å². The van der Waals surface area contributed by atoms with Gasteiger partial charge in [-0.1, -0.05) is 0 Å². The number of rotatable bonds is 6. The predicted octanol–water partition coefficient (Wildman–Crippen LogP) is 1.95. The second-order valence-electron chi connectivity index (χ2n) is 5.64. The molecule has 3 heterocycles. The molecule has 22 heavy (non-hydrogen) atoms. The molecule has 0 saturated carbocycles. The molecule has 3 N–H and O–H groups in total. The number of aromatic amines is 1. The number of pyridine rings is 1. The molecule has 3 rings (SSSR count). The maximum Gasteiger partial charge on any atom is 0.167 e. The number of hydrogen-bond donors (Lipinski definition) is 3. The molecular formula is C16H22N4O2. The molecular weight excluding hydrogens is 280 g/mol. The van der Waals surface area contributed by atoms with E-state index >= 15 is 0 Å². The van der Waals surface area contributed by atoms with Crippen LogP contribution in [0.1, 0.15) is 29.6 Å². The third-order valence-corrected chi connectivity index (χ3v) is 4.06. The number of carbonyl (C=O) groups is 1. The smallest absolute Gasteiger partial charge is 0.167 e. The van der Waals surface area contributed by atoms with Gasteiger partial charge in [-0.15, -0.1) is 0 Å². The first-order valence-electron chi connectivity index (χ1n) is 7.75. The molecule has 0 spiro atoms. The van der Waals surface area contributed by atoms with Gasteiger partial charge in [0.2, 0.25) is 0 Å². The number of aromatic nitrogens is 2. The summed E-state index contributed by atoms with van der Waals surface area (Å²) in [5.74, 6) is 0.0749. The van der Waals surface area contributed by atoms with Gasteiger partial charge in [-0.25, -0.2) is 4.98 Å². The minimum atomic E-state index is 0.0749. The lowest BCUT2D eigenvalue weighted by Crippen LogP contribution is -2.38. The van der Waals surface area contributed by atoms with Crippen LogP contribution in [0.4, 0.5) is 5.69 Å². The summed E-state index contributed by atoms with van der Waals surface area (Å²) in [5.41, 5.74) is 2.40. The number of anilines is 1. The average Bonchev–Trinajstić information content (AvgIpc) is 2.99. The van der Waals surface area contributed by atoms with Crippen molar-refractivity contribution in [2.45, 2.75) is 25.3 Å². The van der Waals surface area contributed by atoms with Crippen molar-refractivity contribution in [1.82, 2.24) is 15.3 Å². The first-order valence-corrected chi connectivity index (χ1v) is 7.75. The maximum atomic E-state index is 12.4. The molecule has 0 radical (unpaired) electrons. The summed E-state index contributed by atoms with van der Waals surface area (Å²) in [7, 11) is 1.60. The van der Waals surface area contributed by atoms with Crippen molar-refractivity contribution < 1.29 is 9.53 Å². The third-order valence-electron chi connectivity index (χ3n) is 4.06. The van der Waals surface area contributed by atoms with Crippen LogP contribution < -0.4 is 10.6 Å². The van der Waals surface area contributed by atoms with Crippen molar-refractivity contribution in [3.8, 4) is 0 Å². The molecule has 1 unspecified atom stereocenters. The Bertz CT molecular complexity index is 647. The molecule has 1 aliphatic rings. The van der Waals surface area contributed by atoms with Crippen LogP contribution >= 0.6 is 0 Å². The van der Waals surface area contributed by atoms with Gasteiger partial charge in [0, 0.05) is 49.8 Å². The lowest BCUT2D eigenvalue weighted by atomic mass is 10.0. The van der Waals surface area contributed by atoms with E-state index in [4.69, 9.17) is 4.74 Å². The van der Waals surface area contributed by atoms with Crippen molar-refractivity contribution in [3.63, 3.8) is 0 Å². The van der Waals surface area contributed by atoms with Gasteiger partial charge in [-0.3, -0.25) is 4.79 Å². The number of methoxy groups -OCH3 is 1. The van der Waals surface area contributed by atoms with Crippen molar-refractivity contribution in [2.75, 3.05) is 32.1 Å². The van der Waals surface area contributed by atoms with E-state index in [2.05, 4.69) is 20.6 Å². The molecule has 2 aromatic heterocycles. The van der Waals surface area contributed by atoms with Crippen LogP contribution in [-0.2, 0) is 4.74 Å². The van der Waals surface area contributed by atoms with E-state index in [-0.39, 0.29) is 5.78 Å². The molecule has 1 aliphatic heterocycles. The number of Topliss-reactive ketones (excluding diaryl/α,β-unsaturated/α-hetero) is 1. The first kappa shape index (κ1) is 15.0. The monoisotopic (exact) mass is 302 g/mol. The fourth-order valence-corrected chi connectivity index (χ4v) is 2.92. The number of hydrogen-bond acceptors (Lipinski definition) is 5. The van der Waals surface area contributed by atoms with Gasteiger partial charge in [-0.05, 0) is 25.5 Å². The molecule has 6 heteroatoms. The van der Waals surface area contributed by atoms with Gasteiger partial charge in [0.25, 0.3) is 0 Å². The number of piperidine rings is 1. The van der Waals surface area contributed by atoms with Gasteiger partial charge >= 0.3 is 0 Å². The Hall–Kier alpha value is -1.92. The number of nitrogens with one attached hydrogen (secondary N) is 3. The number of nitrogens with zero attached hydrogens (tertiary/aromatic N) is 1. The van der Waals surface area contributed by atoms with Gasteiger partial charge in [0.1, 0.15) is 5.65 Å². The largest absolute Gasteiger partial charge is 0.384 e. The second-order valence-corrected chi connectivity index (χ2v) is 5.64. The lowest BCUT2D eigenvalue weighted by Gasteiger charge is -2.25. The first-order chi connectivity index (χ1) is 10.8. The van der Waals surface area contributed by atoms with Crippen LogP contribution in [0.3, 0.4) is 0 Å². The van der Waals surface area contributed by atoms with Crippen molar-refractivity contribution in [3.05, 3.63) is 24.0 Å². The van der Waals surface area contributed by atoms with Gasteiger partial charge in [0.15, 0.2) is 5.78 Å². The van der Waals surface area contributed by atoms with Crippen LogP contribution in [0.5, 0.6) is 0 Å². The number of fused-ring (bicyclic) bond motifs is 1. The SMILES string of the molecule is COCCC(=O)c1c[nH]c2nccc(NC3CCCNC3)c12. The molecule has 1 fully saturated rings. The highest BCUT2D eigenvalue weighted by atomic mass is 16.5. The summed E-state index contributed by atoms with van der Waals surface area (Å²) in [5, 5.41) is 7.83. The molecule has 1 atom stereocenters. The molecule has 0 amide bonds. The number of carbonyl (C=O) groups excluding carboxylic acids is 1. The van der Waals surface area contributed by atoms with E-state index in [1.807, 2.05) is 6.07 Å². The highest BCUT2D eigenvalue weighted by molar-refractivity contribution is 6.11. The molecule has 1 saturated heterocycles. The minimum Gasteiger partial charge on any atom is -0.384 e. The zero-order valence-electron chi connectivity index (χ0n) is 12.8. The van der Waals surface area contributed by atoms with E-state index in [9.17, 15) is 4.79 Å². The topological polar surface area (TPSA) is 79.0 Å². The fourth-order valence-electron chi connectivity index (χ4n) is 2.92. The highest BCUT2D eigenvalue weighted by Gasteiger charge is 2.18. The molecule has 0 aromatic carbocycles. The average molecular weight is 302 g/mol.